The fourth-order valence-corrected chi connectivity index (χ4v) is 1.56. The van der Waals surface area contributed by atoms with Crippen LogP contribution in [-0.2, 0) is 11.2 Å². The number of nitriles is 1. The lowest BCUT2D eigenvalue weighted by Gasteiger charge is -2.06. The number of rotatable bonds is 2. The number of nitrogens with zero attached hydrogens (tertiary/aromatic N) is 2. The number of amidine groups is 1. The molecule has 0 fully saturated rings. The van der Waals surface area contributed by atoms with Crippen molar-refractivity contribution >= 4 is 22.7 Å². The van der Waals surface area contributed by atoms with E-state index in [0.717, 1.165) is 10.6 Å². The van der Waals surface area contributed by atoms with Crippen LogP contribution in [0, 0.1) is 11.5 Å². The number of nitrogens with one attached hydrogen (secondary N) is 1. The highest BCUT2D eigenvalue weighted by atomic mass is 32.2. The highest BCUT2D eigenvalue weighted by Gasteiger charge is 2.02. The highest BCUT2D eigenvalue weighted by Crippen LogP contribution is 2.13. The Morgan fingerprint density at radius 1 is 1.47 bits per heavy atom. The summed E-state index contributed by atoms with van der Waals surface area (Å²) in [5.74, 6) is 0.530. The molecule has 0 aliphatic carbocycles. The van der Waals surface area contributed by atoms with Crippen LogP contribution in [0.4, 0.5) is 5.69 Å². The van der Waals surface area contributed by atoms with Crippen molar-refractivity contribution in [2.24, 2.45) is 4.99 Å². The van der Waals surface area contributed by atoms with Gasteiger partial charge in [-0.2, -0.15) is 10.3 Å². The van der Waals surface area contributed by atoms with E-state index >= 15 is 0 Å². The zero-order valence-electron chi connectivity index (χ0n) is 8.52. The van der Waals surface area contributed by atoms with E-state index in [0.29, 0.717) is 5.84 Å². The summed E-state index contributed by atoms with van der Waals surface area (Å²) in [6.07, 6.45) is 3.32. The predicted octanol–water partition coefficient (Wildman–Crippen LogP) is 1.74. The minimum absolute atomic E-state index is 0.530. The normalized spacial score (nSPS) is 13.1. The van der Waals surface area contributed by atoms with E-state index in [4.69, 9.17) is 5.26 Å². The maximum atomic E-state index is 11.1. The molecule has 0 spiro atoms. The minimum Gasteiger partial charge on any atom is -0.612 e. The molecule has 0 saturated carbocycles. The van der Waals surface area contributed by atoms with Gasteiger partial charge in [-0.25, -0.2) is 0 Å². The molecule has 78 valence electrons. The molecule has 1 N–H and O–H groups in total. The van der Waals surface area contributed by atoms with Gasteiger partial charge in [-0.3, -0.25) is 0 Å². The van der Waals surface area contributed by atoms with Gasteiger partial charge in [-0.05, 0) is 42.4 Å². The van der Waals surface area contributed by atoms with E-state index < -0.39 is 11.2 Å². The third-order valence-electron chi connectivity index (χ3n) is 1.73. The van der Waals surface area contributed by atoms with Gasteiger partial charge in [-0.15, -0.1) is 0 Å². The lowest BCUT2D eigenvalue weighted by molar-refractivity contribution is 0.601. The third-order valence-corrected chi connectivity index (χ3v) is 2.67. The number of anilines is 1. The molecule has 0 bridgehead atoms. The van der Waals surface area contributed by atoms with Gasteiger partial charge in [0, 0.05) is 5.69 Å². The second kappa shape index (κ2) is 5.39. The standard InChI is InChI=1S/C10H11N3OS/c1-8(12-7-11)13-9-3-5-10(6-4-9)15(2)14/h3-6H,1-2H3,(H,12,13). The van der Waals surface area contributed by atoms with Gasteiger partial charge in [0.05, 0.1) is 0 Å². The first-order chi connectivity index (χ1) is 7.13. The summed E-state index contributed by atoms with van der Waals surface area (Å²) < 4.78 is 11.1. The molecule has 1 rings (SSSR count). The van der Waals surface area contributed by atoms with E-state index in [1.54, 1.807) is 43.6 Å². The average Bonchev–Trinajstić information content (AvgIpc) is 2.18. The first kappa shape index (κ1) is 11.6. The van der Waals surface area contributed by atoms with Crippen LogP contribution in [0.2, 0.25) is 0 Å². The van der Waals surface area contributed by atoms with Gasteiger partial charge in [0.2, 0.25) is 6.19 Å². The number of benzene rings is 1. The van der Waals surface area contributed by atoms with Gasteiger partial charge in [0.1, 0.15) is 12.1 Å². The molecular formula is C10H11N3OS. The molecule has 1 atom stereocenters. The summed E-state index contributed by atoms with van der Waals surface area (Å²) in [7, 11) is 0. The molecule has 0 aliphatic rings. The SMILES string of the molecule is C/C(=N\C#N)Nc1ccc([S+](C)[O-])cc1. The molecule has 15 heavy (non-hydrogen) atoms. The fraction of sp³-hybridized carbons (Fsp3) is 0.200. The summed E-state index contributed by atoms with van der Waals surface area (Å²) in [5, 5.41) is 11.3. The van der Waals surface area contributed by atoms with Crippen LogP contribution in [0.5, 0.6) is 0 Å². The van der Waals surface area contributed by atoms with Crippen LogP contribution in [0.15, 0.2) is 34.2 Å². The molecule has 4 nitrogen and oxygen atoms in total. The zero-order chi connectivity index (χ0) is 11.3. The molecule has 0 radical (unpaired) electrons. The van der Waals surface area contributed by atoms with Crippen LogP contribution in [0.25, 0.3) is 0 Å². The predicted molar refractivity (Wildman–Crippen MR) is 61.1 cm³/mol. The van der Waals surface area contributed by atoms with Gasteiger partial charge in [0.15, 0.2) is 4.90 Å². The Morgan fingerprint density at radius 2 is 2.07 bits per heavy atom. The average molecular weight is 221 g/mol. The number of aliphatic imine (C=N–C) groups is 1. The van der Waals surface area contributed by atoms with E-state index in [1.807, 2.05) is 0 Å². The number of hydrogen-bond donors (Lipinski definition) is 1. The third kappa shape index (κ3) is 3.62. The van der Waals surface area contributed by atoms with Crippen molar-refractivity contribution < 1.29 is 4.55 Å². The Labute approximate surface area is 91.8 Å². The molecule has 0 heterocycles. The van der Waals surface area contributed by atoms with Crippen LogP contribution in [0.3, 0.4) is 0 Å². The van der Waals surface area contributed by atoms with Crippen molar-refractivity contribution in [3.05, 3.63) is 24.3 Å². The van der Waals surface area contributed by atoms with Crippen LogP contribution in [0.1, 0.15) is 6.92 Å². The Morgan fingerprint density at radius 3 is 2.53 bits per heavy atom. The minimum atomic E-state index is -0.964. The molecule has 5 heteroatoms. The largest absolute Gasteiger partial charge is 0.612 e. The summed E-state index contributed by atoms with van der Waals surface area (Å²) in [6.45, 7) is 1.70. The van der Waals surface area contributed by atoms with Crippen molar-refractivity contribution in [3.63, 3.8) is 0 Å². The molecule has 1 unspecified atom stereocenters. The van der Waals surface area contributed by atoms with E-state index in [2.05, 4.69) is 10.3 Å². The van der Waals surface area contributed by atoms with E-state index in [1.165, 1.54) is 0 Å². The molecule has 0 aliphatic heterocycles. The monoisotopic (exact) mass is 221 g/mol. The maximum Gasteiger partial charge on any atom is 0.207 e. The summed E-state index contributed by atoms with van der Waals surface area (Å²) in [5.41, 5.74) is 0.820. The summed E-state index contributed by atoms with van der Waals surface area (Å²) in [6, 6.07) is 7.15. The Balaban J connectivity index is 2.74. The van der Waals surface area contributed by atoms with Crippen molar-refractivity contribution in [2.75, 3.05) is 11.6 Å². The van der Waals surface area contributed by atoms with Crippen LogP contribution >= 0.6 is 0 Å². The zero-order valence-corrected chi connectivity index (χ0v) is 9.34. The van der Waals surface area contributed by atoms with Crippen molar-refractivity contribution in [3.8, 4) is 6.19 Å². The molecular weight excluding hydrogens is 210 g/mol. The summed E-state index contributed by atoms with van der Waals surface area (Å²) >= 11 is -0.964. The smallest absolute Gasteiger partial charge is 0.207 e. The molecule has 1 aromatic carbocycles. The quantitative estimate of drug-likeness (QED) is 0.358. The second-order valence-corrected chi connectivity index (χ2v) is 4.28. The Kier molecular flexibility index (Phi) is 4.16. The molecule has 0 amide bonds. The first-order valence-corrected chi connectivity index (χ1v) is 5.83. The second-order valence-electron chi connectivity index (χ2n) is 2.90. The van der Waals surface area contributed by atoms with Gasteiger partial charge in [-0.1, -0.05) is 0 Å². The highest BCUT2D eigenvalue weighted by molar-refractivity contribution is 7.90. The summed E-state index contributed by atoms with van der Waals surface area (Å²) in [4.78, 5) is 4.30. The fourth-order valence-electron chi connectivity index (χ4n) is 1.04. The topological polar surface area (TPSA) is 71.2 Å². The van der Waals surface area contributed by atoms with Gasteiger partial charge < -0.3 is 9.87 Å². The van der Waals surface area contributed by atoms with Crippen LogP contribution in [-0.4, -0.2) is 16.6 Å². The number of hydrogen-bond acceptors (Lipinski definition) is 3. The lowest BCUT2D eigenvalue weighted by atomic mass is 10.3. The Bertz CT molecular complexity index is 392. The molecule has 0 saturated heterocycles. The molecule has 1 aromatic rings. The van der Waals surface area contributed by atoms with Crippen LogP contribution < -0.4 is 5.32 Å². The van der Waals surface area contributed by atoms with Gasteiger partial charge in [0.25, 0.3) is 0 Å². The maximum absolute atomic E-state index is 11.1. The van der Waals surface area contributed by atoms with E-state index in [9.17, 15) is 4.55 Å². The first-order valence-electron chi connectivity index (χ1n) is 4.27. The van der Waals surface area contributed by atoms with Gasteiger partial charge >= 0.3 is 0 Å². The van der Waals surface area contributed by atoms with E-state index in [-0.39, 0.29) is 0 Å². The lowest BCUT2D eigenvalue weighted by Crippen LogP contribution is -2.06. The molecule has 0 aromatic heterocycles. The Hall–Kier alpha value is -1.51. The van der Waals surface area contributed by atoms with Crippen molar-refractivity contribution in [1.29, 1.82) is 5.26 Å². The van der Waals surface area contributed by atoms with Crippen molar-refractivity contribution in [2.45, 2.75) is 11.8 Å². The van der Waals surface area contributed by atoms with Crippen molar-refractivity contribution in [1.82, 2.24) is 0 Å².